The molecule has 2 aromatic carbocycles. The quantitative estimate of drug-likeness (QED) is 0.499. The molecule has 6 heteroatoms. The zero-order chi connectivity index (χ0) is 14.5. The number of benzene rings is 2. The van der Waals surface area contributed by atoms with Crippen LogP contribution in [0.25, 0.3) is 0 Å². The second kappa shape index (κ2) is 6.63. The van der Waals surface area contributed by atoms with E-state index < -0.39 is 0 Å². The predicted octanol–water partition coefficient (Wildman–Crippen LogP) is 4.58. The molecule has 0 spiro atoms. The van der Waals surface area contributed by atoms with Gasteiger partial charge in [-0.3, -0.25) is 10.1 Å². The zero-order valence-corrected chi connectivity index (χ0v) is 12.4. The third kappa shape index (κ3) is 3.43. The van der Waals surface area contributed by atoms with Crippen LogP contribution < -0.4 is 5.32 Å². The molecule has 0 aliphatic rings. The Balaban J connectivity index is 2.21. The number of nitrogens with one attached hydrogen (secondary N) is 1. The summed E-state index contributed by atoms with van der Waals surface area (Å²) in [6.45, 7) is 0. The summed E-state index contributed by atoms with van der Waals surface area (Å²) >= 11 is 7.53. The summed E-state index contributed by atoms with van der Waals surface area (Å²) < 4.78 is 0. The van der Waals surface area contributed by atoms with Crippen molar-refractivity contribution in [3.8, 4) is 0 Å². The minimum absolute atomic E-state index is 0.0942. The fraction of sp³-hybridized carbons (Fsp3) is 0.143. The van der Waals surface area contributed by atoms with Gasteiger partial charge in [0.15, 0.2) is 0 Å². The number of halogens is 1. The molecule has 0 aliphatic heterocycles. The smallest absolute Gasteiger partial charge is 0.292 e. The molecular weight excluding hydrogens is 296 g/mol. The Kier molecular flexibility index (Phi) is 4.87. The van der Waals surface area contributed by atoms with Gasteiger partial charge in [0.2, 0.25) is 0 Å². The van der Waals surface area contributed by atoms with Crippen molar-refractivity contribution in [1.29, 1.82) is 0 Å². The van der Waals surface area contributed by atoms with E-state index in [4.69, 9.17) is 11.6 Å². The first-order valence-electron chi connectivity index (χ1n) is 5.94. The maximum absolute atomic E-state index is 11.0. The topological polar surface area (TPSA) is 55.2 Å². The Morgan fingerprint density at radius 2 is 2.05 bits per heavy atom. The van der Waals surface area contributed by atoms with Crippen LogP contribution in [0.1, 0.15) is 5.56 Å². The van der Waals surface area contributed by atoms with Crippen molar-refractivity contribution in [3.05, 3.63) is 63.2 Å². The highest BCUT2D eigenvalue weighted by Crippen LogP contribution is 2.33. The van der Waals surface area contributed by atoms with E-state index >= 15 is 0 Å². The van der Waals surface area contributed by atoms with Crippen LogP contribution in [0.3, 0.4) is 0 Å². The Morgan fingerprint density at radius 3 is 2.70 bits per heavy atom. The largest absolute Gasteiger partial charge is 0.382 e. The zero-order valence-electron chi connectivity index (χ0n) is 10.8. The number of nitro benzene ring substituents is 1. The number of anilines is 1. The van der Waals surface area contributed by atoms with Gasteiger partial charge in [0, 0.05) is 28.8 Å². The van der Waals surface area contributed by atoms with Gasteiger partial charge in [0.25, 0.3) is 5.69 Å². The van der Waals surface area contributed by atoms with Crippen molar-refractivity contribution in [1.82, 2.24) is 0 Å². The SMILES string of the molecule is CNc1c(CSc2cccc(Cl)c2)cccc1[N+](=O)[O-]. The lowest BCUT2D eigenvalue weighted by Gasteiger charge is -2.09. The molecule has 0 radical (unpaired) electrons. The van der Waals surface area contributed by atoms with Crippen molar-refractivity contribution >= 4 is 34.7 Å². The van der Waals surface area contributed by atoms with Gasteiger partial charge in [-0.2, -0.15) is 0 Å². The third-order valence-corrected chi connectivity index (χ3v) is 4.04. The molecule has 0 atom stereocenters. The van der Waals surface area contributed by atoms with Crippen molar-refractivity contribution in [2.24, 2.45) is 0 Å². The van der Waals surface area contributed by atoms with Gasteiger partial charge >= 0.3 is 0 Å². The number of hydrogen-bond donors (Lipinski definition) is 1. The average molecular weight is 309 g/mol. The van der Waals surface area contributed by atoms with Gasteiger partial charge < -0.3 is 5.32 Å². The molecule has 0 bridgehead atoms. The van der Waals surface area contributed by atoms with Gasteiger partial charge in [0.05, 0.1) is 4.92 Å². The molecule has 20 heavy (non-hydrogen) atoms. The molecule has 0 aliphatic carbocycles. The Hall–Kier alpha value is -1.72. The normalized spacial score (nSPS) is 10.3. The molecule has 0 heterocycles. The van der Waals surface area contributed by atoms with Gasteiger partial charge in [-0.05, 0) is 23.8 Å². The lowest BCUT2D eigenvalue weighted by atomic mass is 10.1. The summed E-state index contributed by atoms with van der Waals surface area (Å²) in [7, 11) is 1.69. The monoisotopic (exact) mass is 308 g/mol. The van der Waals surface area contributed by atoms with Crippen molar-refractivity contribution in [2.45, 2.75) is 10.6 Å². The van der Waals surface area contributed by atoms with Crippen LogP contribution in [0, 0.1) is 10.1 Å². The number of rotatable bonds is 5. The fourth-order valence-corrected chi connectivity index (χ4v) is 3.07. The predicted molar refractivity (Wildman–Crippen MR) is 83.7 cm³/mol. The second-order valence-electron chi connectivity index (χ2n) is 4.06. The number of para-hydroxylation sites is 1. The number of nitro groups is 1. The van der Waals surface area contributed by atoms with Gasteiger partial charge in [-0.15, -0.1) is 11.8 Å². The second-order valence-corrected chi connectivity index (χ2v) is 5.55. The van der Waals surface area contributed by atoms with Crippen LogP contribution >= 0.6 is 23.4 Å². The van der Waals surface area contributed by atoms with Crippen LogP contribution in [0.5, 0.6) is 0 Å². The van der Waals surface area contributed by atoms with Crippen LogP contribution in [0.15, 0.2) is 47.4 Å². The van der Waals surface area contributed by atoms with E-state index in [-0.39, 0.29) is 10.6 Å². The minimum Gasteiger partial charge on any atom is -0.382 e. The van der Waals surface area contributed by atoms with E-state index in [1.807, 2.05) is 30.3 Å². The summed E-state index contributed by atoms with van der Waals surface area (Å²) in [6, 6.07) is 12.6. The van der Waals surface area contributed by atoms with Gasteiger partial charge in [-0.1, -0.05) is 29.8 Å². The van der Waals surface area contributed by atoms with E-state index in [0.29, 0.717) is 16.5 Å². The molecule has 1 N–H and O–H groups in total. The summed E-state index contributed by atoms with van der Waals surface area (Å²) in [6.07, 6.45) is 0. The van der Waals surface area contributed by atoms with Crippen LogP contribution in [0.2, 0.25) is 5.02 Å². The molecule has 0 unspecified atom stereocenters. The Labute approximate surface area is 126 Å². The van der Waals surface area contributed by atoms with Crippen molar-refractivity contribution in [3.63, 3.8) is 0 Å². The number of thioether (sulfide) groups is 1. The average Bonchev–Trinajstić information content (AvgIpc) is 2.44. The van der Waals surface area contributed by atoms with Crippen LogP contribution in [-0.2, 0) is 5.75 Å². The van der Waals surface area contributed by atoms with E-state index in [1.165, 1.54) is 6.07 Å². The standard InChI is InChI=1S/C14H13ClN2O2S/c1-16-14-10(4-2-7-13(14)17(18)19)9-20-12-6-3-5-11(15)8-12/h2-8,16H,9H2,1H3. The Morgan fingerprint density at radius 1 is 1.30 bits per heavy atom. The Bertz CT molecular complexity index is 634. The third-order valence-electron chi connectivity index (χ3n) is 2.77. The molecule has 2 rings (SSSR count). The van der Waals surface area contributed by atoms with Crippen molar-refractivity contribution < 1.29 is 4.92 Å². The lowest BCUT2D eigenvalue weighted by molar-refractivity contribution is -0.384. The summed E-state index contributed by atoms with van der Waals surface area (Å²) in [5, 5.41) is 14.6. The summed E-state index contributed by atoms with van der Waals surface area (Å²) in [5.41, 5.74) is 1.55. The highest BCUT2D eigenvalue weighted by atomic mass is 35.5. The number of nitrogens with zero attached hydrogens (tertiary/aromatic N) is 1. The maximum Gasteiger partial charge on any atom is 0.292 e. The van der Waals surface area contributed by atoms with E-state index in [0.717, 1.165) is 10.5 Å². The highest BCUT2D eigenvalue weighted by Gasteiger charge is 2.15. The minimum atomic E-state index is -0.376. The highest BCUT2D eigenvalue weighted by molar-refractivity contribution is 7.98. The van der Waals surface area contributed by atoms with E-state index in [2.05, 4.69) is 5.32 Å². The number of hydrogen-bond acceptors (Lipinski definition) is 4. The fourth-order valence-electron chi connectivity index (χ4n) is 1.87. The lowest BCUT2D eigenvalue weighted by Crippen LogP contribution is -2.00. The molecule has 0 saturated heterocycles. The first-order chi connectivity index (χ1) is 9.61. The molecule has 0 amide bonds. The first-order valence-corrected chi connectivity index (χ1v) is 7.30. The molecule has 0 fully saturated rings. The van der Waals surface area contributed by atoms with Crippen LogP contribution in [-0.4, -0.2) is 12.0 Å². The van der Waals surface area contributed by atoms with Crippen molar-refractivity contribution in [2.75, 3.05) is 12.4 Å². The molecule has 2 aromatic rings. The molecule has 0 saturated carbocycles. The first kappa shape index (κ1) is 14.7. The molecule has 0 aromatic heterocycles. The molecule has 4 nitrogen and oxygen atoms in total. The molecule has 104 valence electrons. The maximum atomic E-state index is 11.0. The van der Waals surface area contributed by atoms with Gasteiger partial charge in [0.1, 0.15) is 5.69 Å². The van der Waals surface area contributed by atoms with E-state index in [1.54, 1.807) is 24.9 Å². The summed E-state index contributed by atoms with van der Waals surface area (Å²) in [5.74, 6) is 0.637. The summed E-state index contributed by atoms with van der Waals surface area (Å²) in [4.78, 5) is 11.7. The van der Waals surface area contributed by atoms with Gasteiger partial charge in [-0.25, -0.2) is 0 Å². The molecular formula is C14H13ClN2O2S. The van der Waals surface area contributed by atoms with Crippen LogP contribution in [0.4, 0.5) is 11.4 Å². The van der Waals surface area contributed by atoms with E-state index in [9.17, 15) is 10.1 Å².